The SMILES string of the molecule is O=C(COCC1CC1)N[C@H]1CCCN(c2ncccn2)C1. The fraction of sp³-hybridized carbons (Fsp3) is 0.667. The van der Waals surface area contributed by atoms with Crippen molar-refractivity contribution in [2.45, 2.75) is 31.7 Å². The van der Waals surface area contributed by atoms with Crippen molar-refractivity contribution in [1.29, 1.82) is 0 Å². The molecular formula is C15H22N4O2. The van der Waals surface area contributed by atoms with E-state index in [-0.39, 0.29) is 18.6 Å². The van der Waals surface area contributed by atoms with Crippen LogP contribution in [0.2, 0.25) is 0 Å². The first-order chi connectivity index (χ1) is 10.3. The highest BCUT2D eigenvalue weighted by molar-refractivity contribution is 5.77. The Balaban J connectivity index is 1.43. The molecule has 1 aromatic rings. The first kappa shape index (κ1) is 14.3. The summed E-state index contributed by atoms with van der Waals surface area (Å²) in [6.45, 7) is 2.60. The van der Waals surface area contributed by atoms with E-state index in [0.717, 1.165) is 38.5 Å². The molecule has 0 radical (unpaired) electrons. The molecule has 0 bridgehead atoms. The molecule has 114 valence electrons. The topological polar surface area (TPSA) is 67.3 Å². The van der Waals surface area contributed by atoms with Gasteiger partial charge in [-0.2, -0.15) is 0 Å². The molecule has 2 heterocycles. The lowest BCUT2D eigenvalue weighted by Gasteiger charge is -2.33. The fourth-order valence-corrected chi connectivity index (χ4v) is 2.60. The number of hydrogen-bond donors (Lipinski definition) is 1. The first-order valence-electron chi connectivity index (χ1n) is 7.70. The van der Waals surface area contributed by atoms with E-state index in [1.165, 1.54) is 12.8 Å². The van der Waals surface area contributed by atoms with Gasteiger partial charge in [-0.25, -0.2) is 9.97 Å². The van der Waals surface area contributed by atoms with Crippen molar-refractivity contribution in [1.82, 2.24) is 15.3 Å². The summed E-state index contributed by atoms with van der Waals surface area (Å²) in [5.41, 5.74) is 0. The van der Waals surface area contributed by atoms with E-state index in [9.17, 15) is 4.79 Å². The first-order valence-corrected chi connectivity index (χ1v) is 7.70. The fourth-order valence-electron chi connectivity index (χ4n) is 2.60. The summed E-state index contributed by atoms with van der Waals surface area (Å²) in [5.74, 6) is 1.41. The number of anilines is 1. The van der Waals surface area contributed by atoms with Crippen LogP contribution in [0.1, 0.15) is 25.7 Å². The zero-order valence-electron chi connectivity index (χ0n) is 12.2. The van der Waals surface area contributed by atoms with Gasteiger partial charge in [-0.3, -0.25) is 4.79 Å². The van der Waals surface area contributed by atoms with E-state index >= 15 is 0 Å². The molecule has 1 aliphatic heterocycles. The highest BCUT2D eigenvalue weighted by Gasteiger charge is 2.24. The number of nitrogens with zero attached hydrogens (tertiary/aromatic N) is 3. The molecule has 1 aromatic heterocycles. The van der Waals surface area contributed by atoms with E-state index in [2.05, 4.69) is 20.2 Å². The summed E-state index contributed by atoms with van der Waals surface area (Å²) < 4.78 is 5.42. The molecule has 6 heteroatoms. The van der Waals surface area contributed by atoms with Gasteiger partial charge in [-0.05, 0) is 37.7 Å². The van der Waals surface area contributed by atoms with Crippen LogP contribution in [0.25, 0.3) is 0 Å². The Kier molecular flexibility index (Phi) is 4.65. The lowest BCUT2D eigenvalue weighted by atomic mass is 10.1. The highest BCUT2D eigenvalue weighted by atomic mass is 16.5. The quantitative estimate of drug-likeness (QED) is 0.846. The summed E-state index contributed by atoms with van der Waals surface area (Å²) in [5, 5.41) is 3.05. The van der Waals surface area contributed by atoms with Gasteiger partial charge in [0.1, 0.15) is 6.61 Å². The lowest BCUT2D eigenvalue weighted by molar-refractivity contribution is -0.126. The third-order valence-corrected chi connectivity index (χ3v) is 3.91. The van der Waals surface area contributed by atoms with Crippen molar-refractivity contribution < 1.29 is 9.53 Å². The van der Waals surface area contributed by atoms with Crippen LogP contribution in [0.3, 0.4) is 0 Å². The normalized spacial score (nSPS) is 22.1. The predicted molar refractivity (Wildman–Crippen MR) is 79.0 cm³/mol. The lowest BCUT2D eigenvalue weighted by Crippen LogP contribution is -2.49. The summed E-state index contributed by atoms with van der Waals surface area (Å²) in [6.07, 6.45) is 8.02. The molecule has 21 heavy (non-hydrogen) atoms. The summed E-state index contributed by atoms with van der Waals surface area (Å²) in [6, 6.07) is 1.96. The molecule has 1 atom stereocenters. The van der Waals surface area contributed by atoms with Crippen molar-refractivity contribution in [3.63, 3.8) is 0 Å². The smallest absolute Gasteiger partial charge is 0.246 e. The maximum atomic E-state index is 11.9. The number of hydrogen-bond acceptors (Lipinski definition) is 5. The number of carbonyl (C=O) groups is 1. The van der Waals surface area contributed by atoms with Crippen LogP contribution in [-0.4, -0.2) is 48.2 Å². The molecule has 1 N–H and O–H groups in total. The second-order valence-electron chi connectivity index (χ2n) is 5.86. The van der Waals surface area contributed by atoms with E-state index in [0.29, 0.717) is 5.92 Å². The van der Waals surface area contributed by atoms with Gasteiger partial charge in [0, 0.05) is 31.5 Å². The standard InChI is InChI=1S/C15H22N4O2/c20-14(11-21-10-12-4-5-12)18-13-3-1-8-19(9-13)15-16-6-2-7-17-15/h2,6-7,12-13H,1,3-5,8-11H2,(H,18,20)/t13-/m0/s1. The van der Waals surface area contributed by atoms with E-state index < -0.39 is 0 Å². The van der Waals surface area contributed by atoms with Crippen LogP contribution in [0, 0.1) is 5.92 Å². The second kappa shape index (κ2) is 6.85. The largest absolute Gasteiger partial charge is 0.371 e. The average Bonchev–Trinajstić information content (AvgIpc) is 3.33. The van der Waals surface area contributed by atoms with Gasteiger partial charge in [-0.15, -0.1) is 0 Å². The molecule has 1 amide bonds. The van der Waals surface area contributed by atoms with Crippen molar-refractivity contribution in [2.24, 2.45) is 5.92 Å². The number of amides is 1. The van der Waals surface area contributed by atoms with Gasteiger partial charge in [0.25, 0.3) is 0 Å². The number of piperidine rings is 1. The summed E-state index contributed by atoms with van der Waals surface area (Å²) in [7, 11) is 0. The molecule has 1 saturated carbocycles. The van der Waals surface area contributed by atoms with E-state index in [1.54, 1.807) is 12.4 Å². The molecular weight excluding hydrogens is 268 g/mol. The maximum Gasteiger partial charge on any atom is 0.246 e. The molecule has 1 aliphatic carbocycles. The average molecular weight is 290 g/mol. The summed E-state index contributed by atoms with van der Waals surface area (Å²) in [4.78, 5) is 22.5. The molecule has 1 saturated heterocycles. The Morgan fingerprint density at radius 1 is 1.33 bits per heavy atom. The Bertz CT molecular complexity index is 464. The molecule has 0 spiro atoms. The molecule has 2 aliphatic rings. The van der Waals surface area contributed by atoms with Gasteiger partial charge < -0.3 is 15.0 Å². The number of rotatable bonds is 6. The number of aromatic nitrogens is 2. The Morgan fingerprint density at radius 2 is 2.14 bits per heavy atom. The van der Waals surface area contributed by atoms with Gasteiger partial charge in [0.05, 0.1) is 6.61 Å². The molecule has 0 aromatic carbocycles. The molecule has 2 fully saturated rings. The Morgan fingerprint density at radius 3 is 2.90 bits per heavy atom. The number of carbonyl (C=O) groups excluding carboxylic acids is 1. The van der Waals surface area contributed by atoms with E-state index in [1.807, 2.05) is 6.07 Å². The van der Waals surface area contributed by atoms with Crippen molar-refractivity contribution in [3.05, 3.63) is 18.5 Å². The number of ether oxygens (including phenoxy) is 1. The monoisotopic (exact) mass is 290 g/mol. The van der Waals surface area contributed by atoms with Crippen LogP contribution in [0.15, 0.2) is 18.5 Å². The van der Waals surface area contributed by atoms with Crippen molar-refractivity contribution in [3.8, 4) is 0 Å². The minimum atomic E-state index is -0.0171. The van der Waals surface area contributed by atoms with Crippen LogP contribution < -0.4 is 10.2 Å². The zero-order chi connectivity index (χ0) is 14.5. The third kappa shape index (κ3) is 4.39. The maximum absolute atomic E-state index is 11.9. The number of nitrogens with one attached hydrogen (secondary N) is 1. The van der Waals surface area contributed by atoms with Crippen molar-refractivity contribution >= 4 is 11.9 Å². The van der Waals surface area contributed by atoms with Crippen LogP contribution in [0.5, 0.6) is 0 Å². The summed E-state index contributed by atoms with van der Waals surface area (Å²) >= 11 is 0. The van der Waals surface area contributed by atoms with Crippen molar-refractivity contribution in [2.75, 3.05) is 31.2 Å². The highest BCUT2D eigenvalue weighted by Crippen LogP contribution is 2.28. The second-order valence-corrected chi connectivity index (χ2v) is 5.86. The van der Waals surface area contributed by atoms with Crippen LogP contribution >= 0.6 is 0 Å². The molecule has 0 unspecified atom stereocenters. The minimum absolute atomic E-state index is 0.0171. The van der Waals surface area contributed by atoms with Crippen LogP contribution in [0.4, 0.5) is 5.95 Å². The Labute approximate surface area is 124 Å². The minimum Gasteiger partial charge on any atom is -0.371 e. The van der Waals surface area contributed by atoms with Crippen LogP contribution in [-0.2, 0) is 9.53 Å². The molecule has 6 nitrogen and oxygen atoms in total. The predicted octanol–water partition coefficient (Wildman–Crippen LogP) is 0.988. The van der Waals surface area contributed by atoms with Gasteiger partial charge in [0.2, 0.25) is 11.9 Å². The van der Waals surface area contributed by atoms with E-state index in [4.69, 9.17) is 4.74 Å². The van der Waals surface area contributed by atoms with Gasteiger partial charge in [-0.1, -0.05) is 0 Å². The van der Waals surface area contributed by atoms with Gasteiger partial charge in [0.15, 0.2) is 0 Å². The Hall–Kier alpha value is -1.69. The van der Waals surface area contributed by atoms with Gasteiger partial charge >= 0.3 is 0 Å². The third-order valence-electron chi connectivity index (χ3n) is 3.91. The zero-order valence-corrected chi connectivity index (χ0v) is 12.2. The molecule has 3 rings (SSSR count).